The minimum atomic E-state index is -5.02. The van der Waals surface area contributed by atoms with E-state index in [-0.39, 0.29) is 28.7 Å². The lowest BCUT2D eigenvalue weighted by Gasteiger charge is -2.14. The van der Waals surface area contributed by atoms with E-state index in [0.717, 1.165) is 25.1 Å². The molecule has 6 rings (SSSR count). The topological polar surface area (TPSA) is 141 Å². The Kier molecular flexibility index (Phi) is 9.66. The zero-order chi connectivity index (χ0) is 32.8. The molecule has 2 heterocycles. The number of ketones is 2. The van der Waals surface area contributed by atoms with Crippen LogP contribution in [0.4, 0.5) is 13.2 Å². The first-order valence-corrected chi connectivity index (χ1v) is 14.9. The molecule has 0 radical (unpaired) electrons. The Morgan fingerprint density at radius 3 is 1.41 bits per heavy atom. The summed E-state index contributed by atoms with van der Waals surface area (Å²) in [7, 11) is 0. The maximum absolute atomic E-state index is 12.1. The van der Waals surface area contributed by atoms with Crippen LogP contribution in [0.5, 0.6) is 0 Å². The van der Waals surface area contributed by atoms with Crippen molar-refractivity contribution in [3.8, 4) is 0 Å². The van der Waals surface area contributed by atoms with Gasteiger partial charge < -0.3 is 11.1 Å². The van der Waals surface area contributed by atoms with Gasteiger partial charge in [-0.1, -0.05) is 60.7 Å². The minimum Gasteiger partial charge on any atom is -0.341 e. The van der Waals surface area contributed by atoms with Crippen LogP contribution in [-0.2, 0) is 28.5 Å². The van der Waals surface area contributed by atoms with E-state index in [1.807, 2.05) is 24.3 Å². The van der Waals surface area contributed by atoms with E-state index in [1.54, 1.807) is 12.4 Å². The number of benzene rings is 2. The Morgan fingerprint density at radius 2 is 1.07 bits per heavy atom. The van der Waals surface area contributed by atoms with Crippen LogP contribution in [0, 0.1) is 0 Å². The molecular weight excluding hydrogens is 597 g/mol. The summed E-state index contributed by atoms with van der Waals surface area (Å²) in [5.41, 5.74) is 8.66. The Labute approximate surface area is 263 Å². The van der Waals surface area contributed by atoms with E-state index >= 15 is 0 Å². The molecule has 2 fully saturated rings. The predicted octanol–water partition coefficient (Wildman–Crippen LogP) is 4.50. The van der Waals surface area contributed by atoms with Crippen molar-refractivity contribution in [2.75, 3.05) is 13.1 Å². The van der Waals surface area contributed by atoms with Gasteiger partial charge in [-0.2, -0.15) is 13.2 Å². The Balaban J connectivity index is 0.000000187. The van der Waals surface area contributed by atoms with Gasteiger partial charge >= 0.3 is 12.1 Å². The van der Waals surface area contributed by atoms with Gasteiger partial charge in [0.15, 0.2) is 11.6 Å². The standard InChI is InChI=1S/C18H16F3N3O2.C16H17N3O/c19-18(20,21)16(26)24-11-14(25)12-9-22-15(23-10-12)8-17(6-7-17)13-4-2-1-3-5-13;17-9-14(20)12-10-18-15(19-11-12)8-16(6-7-16)13-4-2-1-3-5-13/h1-5,9-10H,6-8,11H2,(H,24,26);1-5,10-11H,6-9,17H2. The van der Waals surface area contributed by atoms with Gasteiger partial charge in [0.1, 0.15) is 11.6 Å². The normalized spacial score (nSPS) is 15.6. The third-order valence-corrected chi connectivity index (χ3v) is 8.38. The van der Waals surface area contributed by atoms with Crippen LogP contribution in [-0.4, -0.2) is 56.7 Å². The van der Waals surface area contributed by atoms with Crippen molar-refractivity contribution in [3.05, 3.63) is 119 Å². The monoisotopic (exact) mass is 630 g/mol. The van der Waals surface area contributed by atoms with E-state index in [9.17, 15) is 27.6 Å². The number of amides is 1. The summed E-state index contributed by atoms with van der Waals surface area (Å²) in [6.07, 6.45) is 6.58. The zero-order valence-electron chi connectivity index (χ0n) is 25.0. The number of halogens is 3. The highest BCUT2D eigenvalue weighted by Crippen LogP contribution is 2.50. The van der Waals surface area contributed by atoms with Gasteiger partial charge in [-0.15, -0.1) is 0 Å². The molecule has 4 aromatic rings. The smallest absolute Gasteiger partial charge is 0.341 e. The average Bonchev–Trinajstić information content (AvgIpc) is 4.02. The number of Topliss-reactive ketones (excluding diaryl/α,β-unsaturated/α-hetero) is 2. The molecule has 2 aromatic carbocycles. The van der Waals surface area contributed by atoms with Crippen molar-refractivity contribution in [1.29, 1.82) is 0 Å². The van der Waals surface area contributed by atoms with Crippen LogP contribution < -0.4 is 11.1 Å². The molecule has 2 aliphatic carbocycles. The van der Waals surface area contributed by atoms with Crippen molar-refractivity contribution in [2.45, 2.75) is 55.5 Å². The highest BCUT2D eigenvalue weighted by Gasteiger charge is 2.45. The molecule has 0 unspecified atom stereocenters. The summed E-state index contributed by atoms with van der Waals surface area (Å²) in [5, 5.41) is 1.54. The largest absolute Gasteiger partial charge is 0.471 e. The number of hydrogen-bond acceptors (Lipinski definition) is 8. The summed E-state index contributed by atoms with van der Waals surface area (Å²) < 4.78 is 36.3. The van der Waals surface area contributed by atoms with Gasteiger partial charge in [0.05, 0.1) is 24.2 Å². The van der Waals surface area contributed by atoms with Gasteiger partial charge in [-0.3, -0.25) is 14.4 Å². The quantitative estimate of drug-likeness (QED) is 0.231. The second-order valence-corrected chi connectivity index (χ2v) is 11.7. The fourth-order valence-corrected chi connectivity index (χ4v) is 5.29. The molecule has 0 saturated heterocycles. The molecule has 3 N–H and O–H groups in total. The van der Waals surface area contributed by atoms with Crippen LogP contribution in [0.3, 0.4) is 0 Å². The van der Waals surface area contributed by atoms with Gasteiger partial charge in [-0.25, -0.2) is 19.9 Å². The Hall–Kier alpha value is -4.84. The molecule has 12 heteroatoms. The second-order valence-electron chi connectivity index (χ2n) is 11.7. The number of nitrogens with two attached hydrogens (primary N) is 1. The van der Waals surface area contributed by atoms with E-state index in [0.29, 0.717) is 17.8 Å². The van der Waals surface area contributed by atoms with Gasteiger partial charge in [0.25, 0.3) is 0 Å². The molecule has 9 nitrogen and oxygen atoms in total. The van der Waals surface area contributed by atoms with Crippen molar-refractivity contribution >= 4 is 17.5 Å². The SMILES string of the molecule is NCC(=O)c1cnc(CC2(c3ccccc3)CC2)nc1.O=C(CNC(=O)C(F)(F)F)c1cnc(CC2(c3ccccc3)CC2)nc1. The number of hydrogen-bond donors (Lipinski definition) is 2. The number of alkyl halides is 3. The molecule has 0 bridgehead atoms. The van der Waals surface area contributed by atoms with Crippen LogP contribution in [0.1, 0.15) is 69.2 Å². The van der Waals surface area contributed by atoms with Crippen molar-refractivity contribution in [2.24, 2.45) is 5.73 Å². The Bertz CT molecular complexity index is 1660. The summed E-state index contributed by atoms with van der Waals surface area (Å²) in [5.74, 6) is -1.59. The number of rotatable bonds is 11. The first-order valence-electron chi connectivity index (χ1n) is 14.9. The molecule has 1 amide bonds. The molecule has 0 aliphatic heterocycles. The lowest BCUT2D eigenvalue weighted by Crippen LogP contribution is -2.39. The molecular formula is C34H33F3N6O3. The molecule has 46 heavy (non-hydrogen) atoms. The highest BCUT2D eigenvalue weighted by molar-refractivity contribution is 5.99. The van der Waals surface area contributed by atoms with Crippen molar-refractivity contribution < 1.29 is 27.6 Å². The molecule has 0 spiro atoms. The summed E-state index contributed by atoms with van der Waals surface area (Å²) in [4.78, 5) is 51.0. The average molecular weight is 631 g/mol. The van der Waals surface area contributed by atoms with E-state index < -0.39 is 24.4 Å². The van der Waals surface area contributed by atoms with Crippen LogP contribution in [0.15, 0.2) is 85.5 Å². The van der Waals surface area contributed by atoms with Crippen molar-refractivity contribution in [1.82, 2.24) is 25.3 Å². The van der Waals surface area contributed by atoms with E-state index in [4.69, 9.17) is 5.73 Å². The summed E-state index contributed by atoms with van der Waals surface area (Å²) in [6, 6.07) is 20.5. The third kappa shape index (κ3) is 8.05. The minimum absolute atomic E-state index is 0.00331. The van der Waals surface area contributed by atoms with Crippen LogP contribution >= 0.6 is 0 Å². The first kappa shape index (κ1) is 32.6. The number of carbonyl (C=O) groups excluding carboxylic acids is 3. The number of nitrogens with one attached hydrogen (secondary N) is 1. The summed E-state index contributed by atoms with van der Waals surface area (Å²) in [6.45, 7) is -0.758. The lowest BCUT2D eigenvalue weighted by molar-refractivity contribution is -0.173. The van der Waals surface area contributed by atoms with Gasteiger partial charge in [-0.05, 0) is 36.8 Å². The molecule has 2 saturated carbocycles. The maximum atomic E-state index is 12.1. The maximum Gasteiger partial charge on any atom is 0.471 e. The highest BCUT2D eigenvalue weighted by atomic mass is 19.4. The summed E-state index contributed by atoms with van der Waals surface area (Å²) >= 11 is 0. The van der Waals surface area contributed by atoms with Gasteiger partial charge in [0, 0.05) is 48.5 Å². The van der Waals surface area contributed by atoms with Crippen LogP contribution in [0.2, 0.25) is 0 Å². The first-order chi connectivity index (χ1) is 22.0. The zero-order valence-corrected chi connectivity index (χ0v) is 25.0. The van der Waals surface area contributed by atoms with Gasteiger partial charge in [0.2, 0.25) is 0 Å². The van der Waals surface area contributed by atoms with Crippen molar-refractivity contribution in [3.63, 3.8) is 0 Å². The molecule has 2 aromatic heterocycles. The molecule has 0 atom stereocenters. The molecule has 2 aliphatic rings. The molecule has 238 valence electrons. The fraction of sp³-hybridized carbons (Fsp3) is 0.324. The lowest BCUT2D eigenvalue weighted by atomic mass is 9.92. The number of aromatic nitrogens is 4. The number of carbonyl (C=O) groups is 3. The van der Waals surface area contributed by atoms with E-state index in [2.05, 4.69) is 56.3 Å². The van der Waals surface area contributed by atoms with Crippen LogP contribution in [0.25, 0.3) is 0 Å². The fourth-order valence-electron chi connectivity index (χ4n) is 5.29. The van der Waals surface area contributed by atoms with E-state index in [1.165, 1.54) is 41.7 Å². The Morgan fingerprint density at radius 1 is 0.674 bits per heavy atom. The predicted molar refractivity (Wildman–Crippen MR) is 163 cm³/mol. The second kappa shape index (κ2) is 13.7. The number of nitrogens with zero attached hydrogens (tertiary/aromatic N) is 4. The third-order valence-electron chi connectivity index (χ3n) is 8.38.